The van der Waals surface area contributed by atoms with Crippen LogP contribution in [-0.4, -0.2) is 15.0 Å². The first kappa shape index (κ1) is 10.8. The van der Waals surface area contributed by atoms with Crippen LogP contribution in [0.1, 0.15) is 5.69 Å². The molecule has 0 radical (unpaired) electrons. The van der Waals surface area contributed by atoms with Crippen molar-refractivity contribution in [3.8, 4) is 11.6 Å². The molecule has 0 bridgehead atoms. The standard InChI is InChI=1S/C10H8BrN3O2/c1-6-7(3-2-4-12-6)16-10-8(11)9(15)13-5-14-10/h2-5H,1H3,(H,13,14,15). The summed E-state index contributed by atoms with van der Waals surface area (Å²) in [5.41, 5.74) is 0.447. The lowest BCUT2D eigenvalue weighted by molar-refractivity contribution is 0.451. The van der Waals surface area contributed by atoms with Gasteiger partial charge < -0.3 is 9.72 Å². The summed E-state index contributed by atoms with van der Waals surface area (Å²) >= 11 is 3.11. The molecule has 0 aliphatic rings. The molecule has 16 heavy (non-hydrogen) atoms. The van der Waals surface area contributed by atoms with Gasteiger partial charge in [-0.2, -0.15) is 0 Å². The number of hydrogen-bond donors (Lipinski definition) is 1. The number of hydrogen-bond acceptors (Lipinski definition) is 4. The third-order valence-electron chi connectivity index (χ3n) is 1.93. The lowest BCUT2D eigenvalue weighted by Crippen LogP contribution is -2.08. The Hall–Kier alpha value is -1.69. The maximum atomic E-state index is 11.3. The Bertz CT molecular complexity index is 568. The number of aromatic amines is 1. The summed E-state index contributed by atoms with van der Waals surface area (Å²) in [6, 6.07) is 3.51. The van der Waals surface area contributed by atoms with Crippen molar-refractivity contribution in [2.45, 2.75) is 6.92 Å². The number of rotatable bonds is 2. The van der Waals surface area contributed by atoms with E-state index in [1.165, 1.54) is 6.33 Å². The van der Waals surface area contributed by atoms with Gasteiger partial charge in [0.15, 0.2) is 5.75 Å². The van der Waals surface area contributed by atoms with Crippen LogP contribution in [0.3, 0.4) is 0 Å². The van der Waals surface area contributed by atoms with Gasteiger partial charge >= 0.3 is 0 Å². The topological polar surface area (TPSA) is 67.9 Å². The van der Waals surface area contributed by atoms with Crippen molar-refractivity contribution >= 4 is 15.9 Å². The van der Waals surface area contributed by atoms with Gasteiger partial charge in [-0.1, -0.05) is 0 Å². The summed E-state index contributed by atoms with van der Waals surface area (Å²) in [7, 11) is 0. The molecule has 0 saturated carbocycles. The fourth-order valence-electron chi connectivity index (χ4n) is 1.12. The van der Waals surface area contributed by atoms with E-state index in [2.05, 4.69) is 30.9 Å². The van der Waals surface area contributed by atoms with Crippen LogP contribution < -0.4 is 10.3 Å². The molecular formula is C10H8BrN3O2. The van der Waals surface area contributed by atoms with Crippen LogP contribution in [0, 0.1) is 6.92 Å². The molecule has 2 aromatic heterocycles. The molecular weight excluding hydrogens is 274 g/mol. The highest BCUT2D eigenvalue weighted by Crippen LogP contribution is 2.25. The molecule has 0 saturated heterocycles. The van der Waals surface area contributed by atoms with Gasteiger partial charge in [-0.05, 0) is 35.0 Å². The minimum Gasteiger partial charge on any atom is -0.436 e. The molecule has 0 unspecified atom stereocenters. The van der Waals surface area contributed by atoms with E-state index in [-0.39, 0.29) is 15.9 Å². The van der Waals surface area contributed by atoms with Crippen molar-refractivity contribution in [1.29, 1.82) is 0 Å². The van der Waals surface area contributed by atoms with Crippen molar-refractivity contribution in [2.75, 3.05) is 0 Å². The molecule has 0 aromatic carbocycles. The summed E-state index contributed by atoms with van der Waals surface area (Å²) in [6.07, 6.45) is 2.95. The van der Waals surface area contributed by atoms with Gasteiger partial charge in [-0.25, -0.2) is 4.98 Å². The highest BCUT2D eigenvalue weighted by atomic mass is 79.9. The monoisotopic (exact) mass is 281 g/mol. The van der Waals surface area contributed by atoms with Crippen molar-refractivity contribution in [2.24, 2.45) is 0 Å². The van der Waals surface area contributed by atoms with Gasteiger partial charge in [0.1, 0.15) is 4.47 Å². The zero-order valence-electron chi connectivity index (χ0n) is 8.40. The average Bonchev–Trinajstić information content (AvgIpc) is 2.28. The summed E-state index contributed by atoms with van der Waals surface area (Å²) in [6.45, 7) is 1.82. The predicted molar refractivity (Wildman–Crippen MR) is 61.6 cm³/mol. The molecule has 82 valence electrons. The largest absolute Gasteiger partial charge is 0.436 e. The second kappa shape index (κ2) is 4.44. The summed E-state index contributed by atoms with van der Waals surface area (Å²) in [4.78, 5) is 21.7. The molecule has 6 heteroatoms. The van der Waals surface area contributed by atoms with Crippen LogP contribution in [0.15, 0.2) is 33.9 Å². The first-order valence-corrected chi connectivity index (χ1v) is 5.30. The van der Waals surface area contributed by atoms with Crippen molar-refractivity contribution in [1.82, 2.24) is 15.0 Å². The van der Waals surface area contributed by atoms with Crippen LogP contribution in [0.25, 0.3) is 0 Å². The van der Waals surface area contributed by atoms with E-state index in [4.69, 9.17) is 4.74 Å². The molecule has 2 rings (SSSR count). The Kier molecular flexibility index (Phi) is 3.00. The second-order valence-corrected chi connectivity index (χ2v) is 3.83. The number of halogens is 1. The number of ether oxygens (including phenoxy) is 1. The molecule has 5 nitrogen and oxygen atoms in total. The lowest BCUT2D eigenvalue weighted by atomic mass is 10.3. The Morgan fingerprint density at radius 3 is 3.00 bits per heavy atom. The van der Waals surface area contributed by atoms with E-state index in [9.17, 15) is 4.79 Å². The molecule has 2 heterocycles. The Labute approximate surface area is 99.7 Å². The maximum absolute atomic E-state index is 11.3. The molecule has 2 aromatic rings. The normalized spacial score (nSPS) is 10.1. The van der Waals surface area contributed by atoms with Crippen LogP contribution in [0.4, 0.5) is 0 Å². The fourth-order valence-corrected chi connectivity index (χ4v) is 1.42. The first-order valence-electron chi connectivity index (χ1n) is 4.51. The Balaban J connectivity index is 2.38. The predicted octanol–water partition coefficient (Wildman–Crippen LogP) is 2.03. The molecule has 0 spiro atoms. The highest BCUT2D eigenvalue weighted by Gasteiger charge is 2.09. The molecule has 0 atom stereocenters. The molecule has 0 amide bonds. The van der Waals surface area contributed by atoms with E-state index < -0.39 is 0 Å². The van der Waals surface area contributed by atoms with Crippen LogP contribution in [0.2, 0.25) is 0 Å². The van der Waals surface area contributed by atoms with Crippen molar-refractivity contribution in [3.05, 3.63) is 45.2 Å². The Morgan fingerprint density at radius 2 is 2.25 bits per heavy atom. The highest BCUT2D eigenvalue weighted by molar-refractivity contribution is 9.10. The fraction of sp³-hybridized carbons (Fsp3) is 0.100. The quantitative estimate of drug-likeness (QED) is 0.915. The van der Waals surface area contributed by atoms with Gasteiger partial charge in [0.05, 0.1) is 12.0 Å². The second-order valence-electron chi connectivity index (χ2n) is 3.04. The van der Waals surface area contributed by atoms with E-state index in [0.717, 1.165) is 5.69 Å². The minimum absolute atomic E-state index is 0.222. The third-order valence-corrected chi connectivity index (χ3v) is 2.63. The summed E-state index contributed by atoms with van der Waals surface area (Å²) < 4.78 is 5.74. The number of aromatic nitrogens is 3. The average molecular weight is 282 g/mol. The van der Waals surface area contributed by atoms with E-state index in [1.807, 2.05) is 6.92 Å². The van der Waals surface area contributed by atoms with Gasteiger partial charge in [-0.15, -0.1) is 0 Å². The van der Waals surface area contributed by atoms with Crippen LogP contribution in [-0.2, 0) is 0 Å². The first-order chi connectivity index (χ1) is 7.68. The smallest absolute Gasteiger partial charge is 0.268 e. The summed E-state index contributed by atoms with van der Waals surface area (Å²) in [5.74, 6) is 0.793. The maximum Gasteiger partial charge on any atom is 0.268 e. The molecule has 0 aliphatic carbocycles. The van der Waals surface area contributed by atoms with Gasteiger partial charge in [0.25, 0.3) is 5.56 Å². The summed E-state index contributed by atoms with van der Waals surface area (Å²) in [5, 5.41) is 0. The number of pyridine rings is 1. The van der Waals surface area contributed by atoms with Gasteiger partial charge in [-0.3, -0.25) is 9.78 Å². The van der Waals surface area contributed by atoms with E-state index in [0.29, 0.717) is 5.75 Å². The van der Waals surface area contributed by atoms with Gasteiger partial charge in [0.2, 0.25) is 5.88 Å². The number of H-pyrrole nitrogens is 1. The molecule has 0 fully saturated rings. The lowest BCUT2D eigenvalue weighted by Gasteiger charge is -2.06. The number of nitrogens with zero attached hydrogens (tertiary/aromatic N) is 2. The van der Waals surface area contributed by atoms with Crippen molar-refractivity contribution in [3.63, 3.8) is 0 Å². The number of aryl methyl sites for hydroxylation is 1. The molecule has 1 N–H and O–H groups in total. The number of nitrogens with one attached hydrogen (secondary N) is 1. The van der Waals surface area contributed by atoms with Crippen LogP contribution >= 0.6 is 15.9 Å². The van der Waals surface area contributed by atoms with E-state index >= 15 is 0 Å². The zero-order chi connectivity index (χ0) is 11.5. The van der Waals surface area contributed by atoms with Gasteiger partial charge in [0, 0.05) is 6.20 Å². The SMILES string of the molecule is Cc1ncccc1Oc1nc[nH]c(=O)c1Br. The Morgan fingerprint density at radius 1 is 1.44 bits per heavy atom. The molecule has 0 aliphatic heterocycles. The van der Waals surface area contributed by atoms with E-state index in [1.54, 1.807) is 18.3 Å². The third kappa shape index (κ3) is 2.11. The minimum atomic E-state index is -0.286. The van der Waals surface area contributed by atoms with Crippen LogP contribution in [0.5, 0.6) is 11.6 Å². The van der Waals surface area contributed by atoms with Crippen molar-refractivity contribution < 1.29 is 4.74 Å². The zero-order valence-corrected chi connectivity index (χ0v) is 9.98.